The molecule has 0 spiro atoms. The number of benzene rings is 1. The van der Waals surface area contributed by atoms with Crippen LogP contribution >= 0.6 is 0 Å². The first kappa shape index (κ1) is 15.1. The lowest BCUT2D eigenvalue weighted by Crippen LogP contribution is -2.38. The third kappa shape index (κ3) is 2.87. The molecule has 0 aliphatic carbocycles. The van der Waals surface area contributed by atoms with Gasteiger partial charge in [-0.1, -0.05) is 6.07 Å². The van der Waals surface area contributed by atoms with Crippen LogP contribution in [0.5, 0.6) is 0 Å². The summed E-state index contributed by atoms with van der Waals surface area (Å²) in [5.41, 5.74) is 2.18. The summed E-state index contributed by atoms with van der Waals surface area (Å²) in [5.74, 6) is 0.775. The van der Waals surface area contributed by atoms with Crippen LogP contribution in [0.25, 0.3) is 11.0 Å². The monoisotopic (exact) mass is 323 g/mol. The van der Waals surface area contributed by atoms with E-state index in [2.05, 4.69) is 22.0 Å². The van der Waals surface area contributed by atoms with Gasteiger partial charge in [-0.25, -0.2) is 4.98 Å². The van der Waals surface area contributed by atoms with Gasteiger partial charge in [-0.15, -0.1) is 0 Å². The maximum atomic E-state index is 12.7. The van der Waals surface area contributed by atoms with Crippen molar-refractivity contribution in [1.29, 1.82) is 0 Å². The van der Waals surface area contributed by atoms with Gasteiger partial charge in [0.2, 0.25) is 5.78 Å². The standard InChI is InChI=1S/C19H21N3O2/c1-21-9-7-20-19(21)18(23)16-3-2-8-22(13-16)12-14-4-5-17-15(11-14)6-10-24-17/h4-7,9-11,16H,2-3,8,12-13H2,1H3/t16-/m1/s1. The number of furan rings is 1. The van der Waals surface area contributed by atoms with Crippen molar-refractivity contribution in [2.24, 2.45) is 13.0 Å². The van der Waals surface area contributed by atoms with Gasteiger partial charge in [-0.3, -0.25) is 9.69 Å². The topological polar surface area (TPSA) is 51.3 Å². The van der Waals surface area contributed by atoms with E-state index in [0.29, 0.717) is 5.82 Å². The van der Waals surface area contributed by atoms with E-state index < -0.39 is 0 Å². The molecule has 5 nitrogen and oxygen atoms in total. The molecule has 0 amide bonds. The Morgan fingerprint density at radius 3 is 3.12 bits per heavy atom. The Labute approximate surface area is 140 Å². The summed E-state index contributed by atoms with van der Waals surface area (Å²) in [4.78, 5) is 19.3. The van der Waals surface area contributed by atoms with Crippen LogP contribution in [0.4, 0.5) is 0 Å². The minimum Gasteiger partial charge on any atom is -0.464 e. The molecule has 0 unspecified atom stereocenters. The molecule has 1 aromatic carbocycles. The average molecular weight is 323 g/mol. The molecule has 0 N–H and O–H groups in total. The van der Waals surface area contributed by atoms with Crippen LogP contribution in [0, 0.1) is 5.92 Å². The van der Waals surface area contributed by atoms with E-state index in [1.54, 1.807) is 12.5 Å². The fourth-order valence-electron chi connectivity index (χ4n) is 3.57. The number of rotatable bonds is 4. The highest BCUT2D eigenvalue weighted by molar-refractivity contribution is 5.95. The van der Waals surface area contributed by atoms with Gasteiger partial charge in [0.1, 0.15) is 5.58 Å². The van der Waals surface area contributed by atoms with Crippen LogP contribution in [-0.2, 0) is 13.6 Å². The molecule has 0 saturated carbocycles. The van der Waals surface area contributed by atoms with Gasteiger partial charge in [0, 0.05) is 43.8 Å². The summed E-state index contributed by atoms with van der Waals surface area (Å²) in [7, 11) is 1.88. The van der Waals surface area contributed by atoms with Crippen LogP contribution in [0.2, 0.25) is 0 Å². The van der Waals surface area contributed by atoms with Crippen molar-refractivity contribution in [2.75, 3.05) is 13.1 Å². The van der Waals surface area contributed by atoms with Gasteiger partial charge in [0.15, 0.2) is 5.82 Å². The zero-order chi connectivity index (χ0) is 16.5. The fourth-order valence-corrected chi connectivity index (χ4v) is 3.57. The van der Waals surface area contributed by atoms with E-state index in [0.717, 1.165) is 43.4 Å². The predicted octanol–water partition coefficient (Wildman–Crippen LogP) is 3.26. The second-order valence-electron chi connectivity index (χ2n) is 6.59. The molecular formula is C19H21N3O2. The number of fused-ring (bicyclic) bond motifs is 1. The highest BCUT2D eigenvalue weighted by atomic mass is 16.3. The SMILES string of the molecule is Cn1ccnc1C(=O)[C@@H]1CCCN(Cc2ccc3occc3c2)C1. The third-order valence-corrected chi connectivity index (χ3v) is 4.84. The van der Waals surface area contributed by atoms with Crippen LogP contribution in [0.3, 0.4) is 0 Å². The first-order valence-corrected chi connectivity index (χ1v) is 8.41. The maximum Gasteiger partial charge on any atom is 0.202 e. The summed E-state index contributed by atoms with van der Waals surface area (Å²) >= 11 is 0. The van der Waals surface area contributed by atoms with Crippen molar-refractivity contribution in [2.45, 2.75) is 19.4 Å². The van der Waals surface area contributed by atoms with Gasteiger partial charge < -0.3 is 8.98 Å². The number of aromatic nitrogens is 2. The summed E-state index contributed by atoms with van der Waals surface area (Å²) in [6.45, 7) is 2.70. The molecule has 4 rings (SSSR count). The molecule has 1 fully saturated rings. The second-order valence-corrected chi connectivity index (χ2v) is 6.59. The molecular weight excluding hydrogens is 302 g/mol. The highest BCUT2D eigenvalue weighted by Gasteiger charge is 2.28. The quantitative estimate of drug-likeness (QED) is 0.692. The van der Waals surface area contributed by atoms with Crippen molar-refractivity contribution in [3.63, 3.8) is 0 Å². The van der Waals surface area contributed by atoms with Crippen LogP contribution in [0.1, 0.15) is 29.0 Å². The van der Waals surface area contributed by atoms with Crippen LogP contribution < -0.4 is 0 Å². The lowest BCUT2D eigenvalue weighted by molar-refractivity contribution is 0.0797. The lowest BCUT2D eigenvalue weighted by atomic mass is 9.93. The average Bonchev–Trinajstić information content (AvgIpc) is 3.22. The fraction of sp³-hybridized carbons (Fsp3) is 0.368. The number of carbonyl (C=O) groups excluding carboxylic acids is 1. The molecule has 1 aliphatic heterocycles. The summed E-state index contributed by atoms with van der Waals surface area (Å²) in [5, 5.41) is 1.13. The van der Waals surface area contributed by atoms with Gasteiger partial charge in [0.25, 0.3) is 0 Å². The van der Waals surface area contributed by atoms with Crippen LogP contribution in [-0.4, -0.2) is 33.3 Å². The Kier molecular flexibility index (Phi) is 3.94. The summed E-state index contributed by atoms with van der Waals surface area (Å²) < 4.78 is 7.21. The van der Waals surface area contributed by atoms with E-state index in [1.165, 1.54) is 5.56 Å². The molecule has 0 bridgehead atoms. The van der Waals surface area contributed by atoms with E-state index >= 15 is 0 Å². The van der Waals surface area contributed by atoms with Gasteiger partial charge in [-0.2, -0.15) is 0 Å². The number of carbonyl (C=O) groups is 1. The highest BCUT2D eigenvalue weighted by Crippen LogP contribution is 2.23. The zero-order valence-corrected chi connectivity index (χ0v) is 13.8. The maximum absolute atomic E-state index is 12.7. The minimum atomic E-state index is 0.0394. The number of hydrogen-bond donors (Lipinski definition) is 0. The molecule has 0 radical (unpaired) electrons. The third-order valence-electron chi connectivity index (χ3n) is 4.84. The molecule has 1 atom stereocenters. The molecule has 3 aromatic rings. The van der Waals surface area contributed by atoms with E-state index in [4.69, 9.17) is 4.42 Å². The Morgan fingerprint density at radius 1 is 1.38 bits per heavy atom. The summed E-state index contributed by atoms with van der Waals surface area (Å²) in [6.07, 6.45) is 7.23. The Balaban J connectivity index is 1.46. The Hall–Kier alpha value is -2.40. The van der Waals surface area contributed by atoms with E-state index in [-0.39, 0.29) is 11.7 Å². The predicted molar refractivity (Wildman–Crippen MR) is 91.8 cm³/mol. The number of imidazole rings is 1. The van der Waals surface area contributed by atoms with Crippen molar-refractivity contribution >= 4 is 16.8 Å². The first-order chi connectivity index (χ1) is 11.7. The molecule has 2 aromatic heterocycles. The molecule has 3 heterocycles. The van der Waals surface area contributed by atoms with Crippen molar-refractivity contribution in [3.05, 3.63) is 54.3 Å². The smallest absolute Gasteiger partial charge is 0.202 e. The first-order valence-electron chi connectivity index (χ1n) is 8.41. The molecule has 24 heavy (non-hydrogen) atoms. The zero-order valence-electron chi connectivity index (χ0n) is 13.8. The number of nitrogens with zero attached hydrogens (tertiary/aromatic N) is 3. The van der Waals surface area contributed by atoms with E-state index in [9.17, 15) is 4.79 Å². The summed E-state index contributed by atoms with van der Waals surface area (Å²) in [6, 6.07) is 8.28. The van der Waals surface area contributed by atoms with Crippen LogP contribution in [0.15, 0.2) is 47.3 Å². The Bertz CT molecular complexity index is 864. The molecule has 1 saturated heterocycles. The van der Waals surface area contributed by atoms with Gasteiger partial charge in [-0.05, 0) is 43.1 Å². The molecule has 124 valence electrons. The lowest BCUT2D eigenvalue weighted by Gasteiger charge is -2.31. The second kappa shape index (κ2) is 6.24. The van der Waals surface area contributed by atoms with Gasteiger partial charge in [0.05, 0.1) is 6.26 Å². The number of likely N-dealkylation sites (tertiary alicyclic amines) is 1. The number of piperidine rings is 1. The number of aryl methyl sites for hydroxylation is 1. The minimum absolute atomic E-state index is 0.0394. The largest absolute Gasteiger partial charge is 0.464 e. The number of ketones is 1. The Morgan fingerprint density at radius 2 is 2.29 bits per heavy atom. The van der Waals surface area contributed by atoms with Crippen molar-refractivity contribution in [3.8, 4) is 0 Å². The van der Waals surface area contributed by atoms with Gasteiger partial charge >= 0.3 is 0 Å². The normalized spacial score (nSPS) is 19.0. The van der Waals surface area contributed by atoms with Crippen molar-refractivity contribution < 1.29 is 9.21 Å². The molecule has 1 aliphatic rings. The molecule has 5 heteroatoms. The van der Waals surface area contributed by atoms with E-state index in [1.807, 2.05) is 29.9 Å². The number of hydrogen-bond acceptors (Lipinski definition) is 4. The van der Waals surface area contributed by atoms with Crippen molar-refractivity contribution in [1.82, 2.24) is 14.5 Å². The number of Topliss-reactive ketones (excluding diaryl/α,β-unsaturated/α-hetero) is 1.